The summed E-state index contributed by atoms with van der Waals surface area (Å²) in [6.45, 7) is 6.01. The standard InChI is InChI=1S/C29H42F2/c1-3-5-7-8-20-10-11-22-17-23(13-12-21(22)16-20)24-14-15-25-18-26(9-6-4-2)28(30)29(31)27(25)19-24/h4,18,20-24H,2-3,5-17,19H2,1H3. The third kappa shape index (κ3) is 5.25. The van der Waals surface area contributed by atoms with Crippen molar-refractivity contribution in [1.82, 2.24) is 0 Å². The van der Waals surface area contributed by atoms with Gasteiger partial charge in [0.15, 0.2) is 11.6 Å². The van der Waals surface area contributed by atoms with Crippen molar-refractivity contribution in [3.8, 4) is 0 Å². The smallest absolute Gasteiger partial charge is 0.162 e. The Morgan fingerprint density at radius 1 is 0.935 bits per heavy atom. The monoisotopic (exact) mass is 428 g/mol. The minimum absolute atomic E-state index is 0.533. The molecular formula is C29H42F2. The van der Waals surface area contributed by atoms with Gasteiger partial charge in [-0.3, -0.25) is 0 Å². The zero-order chi connectivity index (χ0) is 21.8. The second-order valence-electron chi connectivity index (χ2n) is 10.9. The number of aryl methyl sites for hydroxylation is 2. The zero-order valence-corrected chi connectivity index (χ0v) is 19.6. The maximum atomic E-state index is 14.9. The van der Waals surface area contributed by atoms with E-state index in [0.29, 0.717) is 35.8 Å². The van der Waals surface area contributed by atoms with Crippen LogP contribution in [-0.2, 0) is 19.3 Å². The predicted octanol–water partition coefficient (Wildman–Crippen LogP) is 8.60. The molecule has 2 fully saturated rings. The summed E-state index contributed by atoms with van der Waals surface area (Å²) in [5, 5.41) is 0. The average molecular weight is 429 g/mol. The molecule has 0 nitrogen and oxygen atoms in total. The topological polar surface area (TPSA) is 0 Å². The molecule has 1 aromatic carbocycles. The van der Waals surface area contributed by atoms with Crippen LogP contribution in [0.2, 0.25) is 0 Å². The third-order valence-corrected chi connectivity index (χ3v) is 8.99. The molecule has 0 heterocycles. The Labute approximate surface area is 188 Å². The highest BCUT2D eigenvalue weighted by molar-refractivity contribution is 5.37. The van der Waals surface area contributed by atoms with Crippen LogP contribution in [0.15, 0.2) is 18.7 Å². The van der Waals surface area contributed by atoms with Crippen molar-refractivity contribution in [2.75, 3.05) is 0 Å². The lowest BCUT2D eigenvalue weighted by atomic mass is 9.60. The lowest BCUT2D eigenvalue weighted by molar-refractivity contribution is 0.0687. The first-order valence-electron chi connectivity index (χ1n) is 13.2. The minimum atomic E-state index is -0.605. The summed E-state index contributed by atoms with van der Waals surface area (Å²) < 4.78 is 29.6. The molecule has 0 bridgehead atoms. The number of allylic oxidation sites excluding steroid dienone is 1. The van der Waals surface area contributed by atoms with Crippen LogP contribution < -0.4 is 0 Å². The van der Waals surface area contributed by atoms with Crippen LogP contribution in [0.3, 0.4) is 0 Å². The van der Waals surface area contributed by atoms with Crippen LogP contribution in [0, 0.1) is 41.2 Å². The second kappa shape index (κ2) is 10.6. The molecule has 2 heteroatoms. The van der Waals surface area contributed by atoms with Gasteiger partial charge in [-0.2, -0.15) is 0 Å². The van der Waals surface area contributed by atoms with E-state index in [1.807, 2.05) is 6.07 Å². The molecule has 0 N–H and O–H groups in total. The lowest BCUT2D eigenvalue weighted by Crippen LogP contribution is -2.35. The molecule has 172 valence electrons. The third-order valence-electron chi connectivity index (χ3n) is 8.99. The Hall–Kier alpha value is -1.18. The average Bonchev–Trinajstić information content (AvgIpc) is 2.80. The number of benzene rings is 1. The predicted molar refractivity (Wildman–Crippen MR) is 126 cm³/mol. The van der Waals surface area contributed by atoms with Crippen molar-refractivity contribution in [2.45, 2.75) is 103 Å². The summed E-state index contributed by atoms with van der Waals surface area (Å²) >= 11 is 0. The van der Waals surface area contributed by atoms with E-state index in [2.05, 4.69) is 13.5 Å². The Balaban J connectivity index is 1.36. The van der Waals surface area contributed by atoms with Gasteiger partial charge in [0, 0.05) is 0 Å². The molecule has 0 spiro atoms. The molecule has 3 aliphatic rings. The highest BCUT2D eigenvalue weighted by Crippen LogP contribution is 2.49. The van der Waals surface area contributed by atoms with Crippen LogP contribution in [0.25, 0.3) is 0 Å². The van der Waals surface area contributed by atoms with E-state index in [9.17, 15) is 8.78 Å². The molecule has 5 atom stereocenters. The van der Waals surface area contributed by atoms with Crippen LogP contribution >= 0.6 is 0 Å². The molecule has 0 aliphatic heterocycles. The summed E-state index contributed by atoms with van der Waals surface area (Å²) in [5.74, 6) is 2.91. The highest BCUT2D eigenvalue weighted by Gasteiger charge is 2.39. The van der Waals surface area contributed by atoms with Gasteiger partial charge >= 0.3 is 0 Å². The quantitative estimate of drug-likeness (QED) is 0.287. The van der Waals surface area contributed by atoms with E-state index < -0.39 is 11.6 Å². The molecular weight excluding hydrogens is 386 g/mol. The van der Waals surface area contributed by atoms with Gasteiger partial charge in [-0.1, -0.05) is 51.2 Å². The first-order valence-corrected chi connectivity index (χ1v) is 13.2. The van der Waals surface area contributed by atoms with Gasteiger partial charge in [0.25, 0.3) is 0 Å². The molecule has 0 amide bonds. The van der Waals surface area contributed by atoms with Crippen molar-refractivity contribution >= 4 is 0 Å². The fourth-order valence-electron chi connectivity index (χ4n) is 7.16. The molecule has 5 unspecified atom stereocenters. The molecule has 31 heavy (non-hydrogen) atoms. The fraction of sp³-hybridized carbons (Fsp3) is 0.724. The van der Waals surface area contributed by atoms with Crippen molar-refractivity contribution < 1.29 is 8.78 Å². The normalized spacial score (nSPS) is 30.5. The number of hydrogen-bond acceptors (Lipinski definition) is 0. The van der Waals surface area contributed by atoms with Crippen molar-refractivity contribution in [1.29, 1.82) is 0 Å². The number of halogens is 2. The van der Waals surface area contributed by atoms with E-state index >= 15 is 0 Å². The van der Waals surface area contributed by atoms with Crippen LogP contribution in [-0.4, -0.2) is 0 Å². The molecule has 0 aromatic heterocycles. The van der Waals surface area contributed by atoms with Crippen LogP contribution in [0.4, 0.5) is 8.78 Å². The molecule has 2 saturated carbocycles. The summed E-state index contributed by atoms with van der Waals surface area (Å²) in [6, 6.07) is 1.95. The number of fused-ring (bicyclic) bond motifs is 2. The van der Waals surface area contributed by atoms with E-state index in [0.717, 1.165) is 42.6 Å². The Kier molecular flexibility index (Phi) is 7.88. The zero-order valence-electron chi connectivity index (χ0n) is 19.6. The Morgan fingerprint density at radius 3 is 2.45 bits per heavy atom. The van der Waals surface area contributed by atoms with Gasteiger partial charge in [-0.05, 0) is 110 Å². The Morgan fingerprint density at radius 2 is 1.68 bits per heavy atom. The molecule has 4 rings (SSSR count). The summed E-state index contributed by atoms with van der Waals surface area (Å²) in [6.07, 6.45) is 19.8. The highest BCUT2D eigenvalue weighted by atomic mass is 19.2. The first-order chi connectivity index (χ1) is 15.1. The van der Waals surface area contributed by atoms with Crippen molar-refractivity contribution in [3.05, 3.63) is 47.0 Å². The van der Waals surface area contributed by atoms with Gasteiger partial charge in [0.2, 0.25) is 0 Å². The van der Waals surface area contributed by atoms with E-state index in [1.165, 1.54) is 64.2 Å². The largest absolute Gasteiger partial charge is 0.203 e. The second-order valence-corrected chi connectivity index (χ2v) is 10.9. The fourth-order valence-corrected chi connectivity index (χ4v) is 7.16. The van der Waals surface area contributed by atoms with Gasteiger partial charge in [0.05, 0.1) is 0 Å². The summed E-state index contributed by atoms with van der Waals surface area (Å²) in [4.78, 5) is 0. The van der Waals surface area contributed by atoms with E-state index in [-0.39, 0.29) is 0 Å². The van der Waals surface area contributed by atoms with E-state index in [4.69, 9.17) is 0 Å². The van der Waals surface area contributed by atoms with Gasteiger partial charge in [-0.15, -0.1) is 6.58 Å². The first kappa shape index (κ1) is 23.0. The molecule has 3 aliphatic carbocycles. The number of unbranched alkanes of at least 4 members (excludes halogenated alkanes) is 2. The van der Waals surface area contributed by atoms with Gasteiger partial charge < -0.3 is 0 Å². The minimum Gasteiger partial charge on any atom is -0.203 e. The molecule has 1 aromatic rings. The summed E-state index contributed by atoms with van der Waals surface area (Å²) in [7, 11) is 0. The van der Waals surface area contributed by atoms with Crippen LogP contribution in [0.1, 0.15) is 101 Å². The maximum absolute atomic E-state index is 14.9. The van der Waals surface area contributed by atoms with Crippen LogP contribution in [0.5, 0.6) is 0 Å². The summed E-state index contributed by atoms with van der Waals surface area (Å²) in [5.41, 5.74) is 2.29. The molecule has 0 radical (unpaired) electrons. The van der Waals surface area contributed by atoms with Crippen molar-refractivity contribution in [3.63, 3.8) is 0 Å². The Bertz CT molecular complexity index is 752. The molecule has 0 saturated heterocycles. The number of hydrogen-bond donors (Lipinski definition) is 0. The van der Waals surface area contributed by atoms with E-state index in [1.54, 1.807) is 6.08 Å². The lowest BCUT2D eigenvalue weighted by Gasteiger charge is -2.45. The van der Waals surface area contributed by atoms with Gasteiger partial charge in [0.1, 0.15) is 0 Å². The van der Waals surface area contributed by atoms with Crippen molar-refractivity contribution in [2.24, 2.45) is 29.6 Å². The van der Waals surface area contributed by atoms with Gasteiger partial charge in [-0.25, -0.2) is 8.78 Å². The maximum Gasteiger partial charge on any atom is 0.162 e. The number of rotatable bonds is 8. The SMILES string of the molecule is C=CCCc1cc2c(c(F)c1F)CC(C1CCC3CC(CCCCC)CCC3C1)CC2.